The first-order chi connectivity index (χ1) is 11.1. The third-order valence-electron chi connectivity index (χ3n) is 3.85. The van der Waals surface area contributed by atoms with Gasteiger partial charge in [0.15, 0.2) is 0 Å². The van der Waals surface area contributed by atoms with E-state index in [1.807, 2.05) is 7.05 Å². The van der Waals surface area contributed by atoms with Crippen molar-refractivity contribution >= 4 is 17.6 Å². The Morgan fingerprint density at radius 1 is 1.43 bits per heavy atom. The second-order valence-corrected chi connectivity index (χ2v) is 6.17. The van der Waals surface area contributed by atoms with E-state index < -0.39 is 0 Å². The Labute approximate surface area is 142 Å². The Hall–Kier alpha value is -1.46. The monoisotopic (exact) mass is 340 g/mol. The van der Waals surface area contributed by atoms with Crippen molar-refractivity contribution in [3.05, 3.63) is 29.3 Å². The van der Waals surface area contributed by atoms with Gasteiger partial charge >= 0.3 is 6.03 Å². The van der Waals surface area contributed by atoms with Crippen molar-refractivity contribution in [2.75, 3.05) is 33.4 Å². The zero-order valence-corrected chi connectivity index (χ0v) is 14.3. The Bertz CT molecular complexity index is 475. The highest BCUT2D eigenvalue weighted by atomic mass is 35.5. The number of hydrogen-bond donors (Lipinski definition) is 1. The highest BCUT2D eigenvalue weighted by Gasteiger charge is 2.15. The van der Waals surface area contributed by atoms with Crippen molar-refractivity contribution in [1.82, 2.24) is 10.2 Å². The summed E-state index contributed by atoms with van der Waals surface area (Å²) in [7, 11) is 1.81. The van der Waals surface area contributed by atoms with Gasteiger partial charge in [0, 0.05) is 25.2 Å². The predicted octanol–water partition coefficient (Wildman–Crippen LogP) is 3.32. The van der Waals surface area contributed by atoms with Gasteiger partial charge < -0.3 is 19.7 Å². The van der Waals surface area contributed by atoms with Gasteiger partial charge in [-0.3, -0.25) is 0 Å². The lowest BCUT2D eigenvalue weighted by Gasteiger charge is -2.19. The lowest BCUT2D eigenvalue weighted by Crippen LogP contribution is -2.39. The van der Waals surface area contributed by atoms with Gasteiger partial charge in [-0.1, -0.05) is 11.6 Å². The third-order valence-corrected chi connectivity index (χ3v) is 4.10. The number of nitrogens with one attached hydrogen (secondary N) is 1. The first-order valence-corrected chi connectivity index (χ1v) is 8.52. The maximum atomic E-state index is 11.9. The summed E-state index contributed by atoms with van der Waals surface area (Å²) < 4.78 is 11.1. The topological polar surface area (TPSA) is 50.8 Å². The lowest BCUT2D eigenvalue weighted by molar-refractivity contribution is 0.100. The van der Waals surface area contributed by atoms with Crippen LogP contribution in [0, 0.1) is 0 Å². The number of urea groups is 1. The summed E-state index contributed by atoms with van der Waals surface area (Å²) in [4.78, 5) is 13.6. The molecule has 5 nitrogen and oxygen atoms in total. The molecule has 6 heteroatoms. The maximum absolute atomic E-state index is 11.9. The summed E-state index contributed by atoms with van der Waals surface area (Å²) in [6, 6.07) is 7.09. The standard InChI is InChI=1S/C17H25ClN2O3/c1-20(11-2-4-15-5-3-12-22-15)17(21)19-10-13-23-16-8-6-14(18)7-9-16/h6-9,15H,2-5,10-13H2,1H3,(H,19,21). The van der Waals surface area contributed by atoms with E-state index in [2.05, 4.69) is 5.32 Å². The van der Waals surface area contributed by atoms with Crippen LogP contribution in [0.3, 0.4) is 0 Å². The quantitative estimate of drug-likeness (QED) is 0.738. The van der Waals surface area contributed by atoms with E-state index in [0.717, 1.165) is 44.6 Å². The van der Waals surface area contributed by atoms with Crippen LogP contribution in [0.5, 0.6) is 5.75 Å². The van der Waals surface area contributed by atoms with Gasteiger partial charge in [-0.15, -0.1) is 0 Å². The molecule has 1 unspecified atom stereocenters. The molecule has 0 bridgehead atoms. The van der Waals surface area contributed by atoms with E-state index in [9.17, 15) is 4.79 Å². The lowest BCUT2D eigenvalue weighted by atomic mass is 10.1. The van der Waals surface area contributed by atoms with Crippen molar-refractivity contribution in [3.63, 3.8) is 0 Å². The SMILES string of the molecule is CN(CCCC1CCCO1)C(=O)NCCOc1ccc(Cl)cc1. The molecule has 1 atom stereocenters. The number of amides is 2. The second-order valence-electron chi connectivity index (χ2n) is 5.73. The van der Waals surface area contributed by atoms with E-state index >= 15 is 0 Å². The molecule has 1 aliphatic rings. The molecular weight excluding hydrogens is 316 g/mol. The minimum Gasteiger partial charge on any atom is -0.492 e. The van der Waals surface area contributed by atoms with Crippen LogP contribution in [0.25, 0.3) is 0 Å². The zero-order chi connectivity index (χ0) is 16.5. The van der Waals surface area contributed by atoms with Gasteiger partial charge in [-0.05, 0) is 49.9 Å². The number of halogens is 1. The first kappa shape index (κ1) is 17.9. The molecule has 1 heterocycles. The highest BCUT2D eigenvalue weighted by Crippen LogP contribution is 2.17. The number of benzene rings is 1. The predicted molar refractivity (Wildman–Crippen MR) is 91.2 cm³/mol. The number of carbonyl (C=O) groups excluding carboxylic acids is 1. The van der Waals surface area contributed by atoms with Crippen LogP contribution in [0.2, 0.25) is 5.02 Å². The minimum absolute atomic E-state index is 0.0722. The van der Waals surface area contributed by atoms with Crippen molar-refractivity contribution in [2.45, 2.75) is 31.8 Å². The van der Waals surface area contributed by atoms with E-state index in [-0.39, 0.29) is 6.03 Å². The summed E-state index contributed by atoms with van der Waals surface area (Å²) in [6.07, 6.45) is 4.69. The summed E-state index contributed by atoms with van der Waals surface area (Å²) in [5.74, 6) is 0.744. The van der Waals surface area contributed by atoms with Crippen molar-refractivity contribution in [3.8, 4) is 5.75 Å². The number of carbonyl (C=O) groups is 1. The Morgan fingerprint density at radius 3 is 2.91 bits per heavy atom. The first-order valence-electron chi connectivity index (χ1n) is 8.14. The van der Waals surface area contributed by atoms with Crippen LogP contribution in [0.4, 0.5) is 4.79 Å². The van der Waals surface area contributed by atoms with E-state index in [1.54, 1.807) is 29.2 Å². The number of hydrogen-bond acceptors (Lipinski definition) is 3. The molecule has 0 aliphatic carbocycles. The van der Waals surface area contributed by atoms with Crippen LogP contribution >= 0.6 is 11.6 Å². The fraction of sp³-hybridized carbons (Fsp3) is 0.588. The van der Waals surface area contributed by atoms with Crippen molar-refractivity contribution in [2.24, 2.45) is 0 Å². The molecule has 1 N–H and O–H groups in total. The molecule has 2 amide bonds. The van der Waals surface area contributed by atoms with E-state index in [0.29, 0.717) is 24.3 Å². The van der Waals surface area contributed by atoms with E-state index in [4.69, 9.17) is 21.1 Å². The molecule has 2 rings (SSSR count). The number of rotatable bonds is 8. The average Bonchev–Trinajstić information content (AvgIpc) is 3.06. The molecule has 1 aliphatic heterocycles. The smallest absolute Gasteiger partial charge is 0.317 e. The van der Waals surface area contributed by atoms with Gasteiger partial charge in [-0.2, -0.15) is 0 Å². The normalized spacial score (nSPS) is 17.0. The van der Waals surface area contributed by atoms with Gasteiger partial charge in [0.2, 0.25) is 0 Å². The number of nitrogens with zero attached hydrogens (tertiary/aromatic N) is 1. The molecule has 0 saturated carbocycles. The van der Waals surface area contributed by atoms with Crippen molar-refractivity contribution in [1.29, 1.82) is 0 Å². The van der Waals surface area contributed by atoms with Gasteiger partial charge in [0.05, 0.1) is 12.6 Å². The summed E-state index contributed by atoms with van der Waals surface area (Å²) in [6.45, 7) is 2.52. The minimum atomic E-state index is -0.0722. The van der Waals surface area contributed by atoms with Gasteiger partial charge in [0.1, 0.15) is 12.4 Å². The Morgan fingerprint density at radius 2 is 2.22 bits per heavy atom. The molecule has 23 heavy (non-hydrogen) atoms. The highest BCUT2D eigenvalue weighted by molar-refractivity contribution is 6.30. The van der Waals surface area contributed by atoms with Gasteiger partial charge in [-0.25, -0.2) is 4.79 Å². The zero-order valence-electron chi connectivity index (χ0n) is 13.6. The molecule has 1 saturated heterocycles. The molecule has 0 radical (unpaired) electrons. The van der Waals surface area contributed by atoms with Crippen LogP contribution in [-0.4, -0.2) is 50.4 Å². The summed E-state index contributed by atoms with van der Waals surface area (Å²) in [5.41, 5.74) is 0. The molecule has 0 spiro atoms. The van der Waals surface area contributed by atoms with Crippen LogP contribution in [0.15, 0.2) is 24.3 Å². The van der Waals surface area contributed by atoms with Crippen LogP contribution in [0.1, 0.15) is 25.7 Å². The molecule has 0 aromatic heterocycles. The molecule has 1 aromatic carbocycles. The van der Waals surface area contributed by atoms with Crippen LogP contribution < -0.4 is 10.1 Å². The average molecular weight is 341 g/mol. The van der Waals surface area contributed by atoms with Gasteiger partial charge in [0.25, 0.3) is 0 Å². The fourth-order valence-corrected chi connectivity index (χ4v) is 2.65. The summed E-state index contributed by atoms with van der Waals surface area (Å²) >= 11 is 5.81. The maximum Gasteiger partial charge on any atom is 0.317 e. The number of ether oxygens (including phenoxy) is 2. The largest absolute Gasteiger partial charge is 0.492 e. The summed E-state index contributed by atoms with van der Waals surface area (Å²) in [5, 5.41) is 3.52. The Kier molecular flexibility index (Phi) is 7.49. The fourth-order valence-electron chi connectivity index (χ4n) is 2.52. The van der Waals surface area contributed by atoms with E-state index in [1.165, 1.54) is 0 Å². The second kappa shape index (κ2) is 9.63. The third kappa shape index (κ3) is 6.67. The Balaban J connectivity index is 1.53. The molecule has 1 aromatic rings. The molecular formula is C17H25ClN2O3. The van der Waals surface area contributed by atoms with Crippen molar-refractivity contribution < 1.29 is 14.3 Å². The van der Waals surface area contributed by atoms with Crippen LogP contribution in [-0.2, 0) is 4.74 Å². The molecule has 128 valence electrons. The molecule has 1 fully saturated rings.